The van der Waals surface area contributed by atoms with Crippen LogP contribution in [0.4, 0.5) is 0 Å². The highest BCUT2D eigenvalue weighted by Gasteiger charge is 2.52. The van der Waals surface area contributed by atoms with E-state index in [1.807, 2.05) is 18.2 Å². The number of aliphatic imine (C=N–C) groups is 1. The summed E-state index contributed by atoms with van der Waals surface area (Å²) in [5.74, 6) is -0.320. The fraction of sp³-hybridized carbons (Fsp3) is 0.429. The predicted molar refractivity (Wildman–Crippen MR) is 74.8 cm³/mol. The third kappa shape index (κ3) is 2.86. The summed E-state index contributed by atoms with van der Waals surface area (Å²) in [7, 11) is 1.24. The molecule has 2 atom stereocenters. The van der Waals surface area contributed by atoms with Crippen molar-refractivity contribution in [3.63, 3.8) is 0 Å². The molecule has 0 saturated carbocycles. The van der Waals surface area contributed by atoms with Crippen LogP contribution < -0.4 is 0 Å². The van der Waals surface area contributed by atoms with E-state index in [1.165, 1.54) is 7.11 Å². The van der Waals surface area contributed by atoms with Crippen molar-refractivity contribution in [1.29, 1.82) is 0 Å². The maximum absolute atomic E-state index is 12.1. The van der Waals surface area contributed by atoms with Crippen molar-refractivity contribution in [3.05, 3.63) is 46.0 Å². The molecule has 112 valence electrons. The minimum Gasteiger partial charge on any atom is -0.471 e. The molecule has 1 heterocycles. The number of hydrogen-bond donors (Lipinski definition) is 0. The summed E-state index contributed by atoms with van der Waals surface area (Å²) in [6.45, 7) is 1.28. The van der Waals surface area contributed by atoms with Crippen LogP contribution in [0.5, 0.6) is 0 Å². The van der Waals surface area contributed by atoms with Gasteiger partial charge in [-0.1, -0.05) is 18.2 Å². The Morgan fingerprint density at radius 3 is 2.71 bits per heavy atom. The van der Waals surface area contributed by atoms with Gasteiger partial charge in [-0.15, -0.1) is 0 Å². The van der Waals surface area contributed by atoms with Crippen molar-refractivity contribution in [2.24, 2.45) is 4.99 Å². The van der Waals surface area contributed by atoms with Gasteiger partial charge in [0.05, 0.1) is 13.5 Å². The molecule has 0 saturated heterocycles. The number of methoxy groups -OCH3 is 1. The number of esters is 1. The van der Waals surface area contributed by atoms with E-state index in [0.29, 0.717) is 5.90 Å². The third-order valence-corrected chi connectivity index (χ3v) is 3.50. The van der Waals surface area contributed by atoms with Crippen LogP contribution in [0.3, 0.4) is 0 Å². The maximum atomic E-state index is 12.1. The maximum Gasteiger partial charge on any atom is 0.338 e. The van der Waals surface area contributed by atoms with Crippen LogP contribution in [-0.4, -0.2) is 42.1 Å². The summed E-state index contributed by atoms with van der Waals surface area (Å²) in [4.78, 5) is 26.6. The lowest BCUT2D eigenvalue weighted by Gasteiger charge is -2.24. The monoisotopic (exact) mass is 292 g/mol. The Hall–Kier alpha value is -2.44. The number of carbonyl (C=O) groups excluding carboxylic acids is 1. The van der Waals surface area contributed by atoms with Gasteiger partial charge in [-0.05, 0) is 19.1 Å². The Morgan fingerprint density at radius 1 is 1.48 bits per heavy atom. The Kier molecular flexibility index (Phi) is 4.21. The van der Waals surface area contributed by atoms with Crippen LogP contribution in [0.1, 0.15) is 18.9 Å². The predicted octanol–water partition coefficient (Wildman–Crippen LogP) is 1.43. The molecule has 0 bridgehead atoms. The van der Waals surface area contributed by atoms with Gasteiger partial charge >= 0.3 is 5.97 Å². The molecule has 7 heteroatoms. The Bertz CT molecular complexity index is 572. The zero-order chi connectivity index (χ0) is 15.5. The van der Waals surface area contributed by atoms with E-state index in [-0.39, 0.29) is 13.0 Å². The van der Waals surface area contributed by atoms with E-state index in [9.17, 15) is 14.9 Å². The molecule has 0 spiro atoms. The zero-order valence-electron chi connectivity index (χ0n) is 11.8. The van der Waals surface area contributed by atoms with E-state index < -0.39 is 22.5 Å². The first-order valence-electron chi connectivity index (χ1n) is 6.52. The molecule has 0 radical (unpaired) electrons. The minimum atomic E-state index is -1.37. The molecule has 7 nitrogen and oxygen atoms in total. The lowest BCUT2D eigenvalue weighted by molar-refractivity contribution is -0.481. The quantitative estimate of drug-likeness (QED) is 0.465. The first-order valence-corrected chi connectivity index (χ1v) is 6.52. The SMILES string of the molecule is COC(=O)C1(CC[N+](=O)[O-])N=C(c2ccccc2)OC1C. The van der Waals surface area contributed by atoms with Crippen LogP contribution in [0, 0.1) is 10.1 Å². The van der Waals surface area contributed by atoms with Gasteiger partial charge in [-0.3, -0.25) is 10.1 Å². The highest BCUT2D eigenvalue weighted by Crippen LogP contribution is 2.32. The fourth-order valence-corrected chi connectivity index (χ4v) is 2.29. The summed E-state index contributed by atoms with van der Waals surface area (Å²) in [6, 6.07) is 9.09. The van der Waals surface area contributed by atoms with Gasteiger partial charge in [0.2, 0.25) is 18.0 Å². The van der Waals surface area contributed by atoms with Crippen molar-refractivity contribution in [2.45, 2.75) is 25.0 Å². The molecule has 0 aliphatic carbocycles. The number of carbonyl (C=O) groups is 1. The number of nitrogens with zero attached hydrogens (tertiary/aromatic N) is 2. The van der Waals surface area contributed by atoms with Crippen molar-refractivity contribution >= 4 is 11.9 Å². The summed E-state index contributed by atoms with van der Waals surface area (Å²) >= 11 is 0. The normalized spacial score (nSPS) is 24.1. The van der Waals surface area contributed by atoms with E-state index in [4.69, 9.17) is 9.47 Å². The Labute approximate surface area is 121 Å². The second kappa shape index (κ2) is 5.90. The van der Waals surface area contributed by atoms with Crippen LogP contribution in [0.25, 0.3) is 0 Å². The Balaban J connectivity index is 2.37. The van der Waals surface area contributed by atoms with Crippen LogP contribution in [0.2, 0.25) is 0 Å². The largest absolute Gasteiger partial charge is 0.471 e. The van der Waals surface area contributed by atoms with Gasteiger partial charge in [0.1, 0.15) is 6.10 Å². The van der Waals surface area contributed by atoms with Crippen LogP contribution >= 0.6 is 0 Å². The number of benzene rings is 1. The summed E-state index contributed by atoms with van der Waals surface area (Å²) < 4.78 is 10.4. The molecule has 0 fully saturated rings. The van der Waals surface area contributed by atoms with Crippen molar-refractivity contribution in [2.75, 3.05) is 13.7 Å². The molecule has 2 unspecified atom stereocenters. The van der Waals surface area contributed by atoms with Gasteiger partial charge < -0.3 is 9.47 Å². The second-order valence-corrected chi connectivity index (χ2v) is 4.77. The highest BCUT2D eigenvalue weighted by molar-refractivity contribution is 5.99. The molecule has 1 aliphatic heterocycles. The lowest BCUT2D eigenvalue weighted by Crippen LogP contribution is -2.46. The van der Waals surface area contributed by atoms with E-state index in [1.54, 1.807) is 19.1 Å². The number of ether oxygens (including phenoxy) is 2. The summed E-state index contributed by atoms with van der Waals surface area (Å²) in [5, 5.41) is 10.6. The molecule has 21 heavy (non-hydrogen) atoms. The van der Waals surface area contributed by atoms with Crippen LogP contribution in [0.15, 0.2) is 35.3 Å². The third-order valence-electron chi connectivity index (χ3n) is 3.50. The molecular formula is C14H16N2O5. The second-order valence-electron chi connectivity index (χ2n) is 4.77. The highest BCUT2D eigenvalue weighted by atomic mass is 16.6. The molecule has 0 aromatic heterocycles. The smallest absolute Gasteiger partial charge is 0.338 e. The minimum absolute atomic E-state index is 0.0653. The van der Waals surface area contributed by atoms with Gasteiger partial charge in [-0.2, -0.15) is 0 Å². The lowest BCUT2D eigenvalue weighted by atomic mass is 9.90. The molecule has 1 aromatic carbocycles. The molecular weight excluding hydrogens is 276 g/mol. The number of nitro groups is 1. The number of hydrogen-bond acceptors (Lipinski definition) is 6. The van der Waals surface area contributed by atoms with Crippen molar-refractivity contribution in [3.8, 4) is 0 Å². The van der Waals surface area contributed by atoms with Gasteiger partial charge in [0.15, 0.2) is 0 Å². The topological polar surface area (TPSA) is 91.0 Å². The van der Waals surface area contributed by atoms with E-state index in [2.05, 4.69) is 4.99 Å². The van der Waals surface area contributed by atoms with E-state index >= 15 is 0 Å². The average Bonchev–Trinajstić information content (AvgIpc) is 2.83. The molecule has 0 amide bonds. The van der Waals surface area contributed by atoms with Crippen LogP contribution in [-0.2, 0) is 14.3 Å². The Morgan fingerprint density at radius 2 is 2.14 bits per heavy atom. The van der Waals surface area contributed by atoms with Gasteiger partial charge in [0.25, 0.3) is 0 Å². The zero-order valence-corrected chi connectivity index (χ0v) is 11.8. The number of rotatable bonds is 5. The first kappa shape index (κ1) is 15.0. The van der Waals surface area contributed by atoms with Crippen molar-refractivity contribution < 1.29 is 19.2 Å². The average molecular weight is 292 g/mol. The van der Waals surface area contributed by atoms with Gasteiger partial charge in [-0.25, -0.2) is 9.79 Å². The fourth-order valence-electron chi connectivity index (χ4n) is 2.29. The van der Waals surface area contributed by atoms with E-state index in [0.717, 1.165) is 5.56 Å². The molecule has 0 N–H and O–H groups in total. The van der Waals surface area contributed by atoms with Crippen molar-refractivity contribution in [1.82, 2.24) is 0 Å². The standard InChI is InChI=1S/C14H16N2O5/c1-10-14(13(17)20-2,8-9-16(18)19)15-12(21-10)11-6-4-3-5-7-11/h3-7,10H,8-9H2,1-2H3. The first-order chi connectivity index (χ1) is 9.99. The molecule has 1 aliphatic rings. The summed E-state index contributed by atoms with van der Waals surface area (Å²) in [5.41, 5.74) is -0.649. The molecule has 2 rings (SSSR count). The van der Waals surface area contributed by atoms with Gasteiger partial charge in [0, 0.05) is 10.5 Å². The molecule has 1 aromatic rings. The summed E-state index contributed by atoms with van der Waals surface area (Å²) in [6.07, 6.45) is -0.690.